The van der Waals surface area contributed by atoms with Gasteiger partial charge in [0.15, 0.2) is 0 Å². The number of likely N-dealkylation sites (tertiary alicyclic amines) is 1. The summed E-state index contributed by atoms with van der Waals surface area (Å²) in [7, 11) is 1.74. The zero-order valence-electron chi connectivity index (χ0n) is 16.7. The number of aromatic nitrogens is 1. The molecule has 1 aliphatic rings. The SMILES string of the molecule is COC1CCN(C(=O)c2cc(-c3ccc(C)cc3C)nc3ccccc23)CC1. The molecule has 0 aliphatic carbocycles. The van der Waals surface area contributed by atoms with Gasteiger partial charge in [-0.05, 0) is 44.4 Å². The summed E-state index contributed by atoms with van der Waals surface area (Å²) in [5, 5.41) is 0.912. The lowest BCUT2D eigenvalue weighted by molar-refractivity contribution is 0.0352. The maximum absolute atomic E-state index is 13.4. The van der Waals surface area contributed by atoms with Gasteiger partial charge in [-0.1, -0.05) is 42.0 Å². The number of carbonyl (C=O) groups excluding carboxylic acids is 1. The maximum atomic E-state index is 13.4. The number of para-hydroxylation sites is 1. The lowest BCUT2D eigenvalue weighted by atomic mass is 9.98. The summed E-state index contributed by atoms with van der Waals surface area (Å²) in [5.74, 6) is 0.0826. The van der Waals surface area contributed by atoms with E-state index in [9.17, 15) is 4.79 Å². The number of ether oxygens (including phenoxy) is 1. The number of carbonyl (C=O) groups is 1. The molecule has 0 bridgehead atoms. The zero-order chi connectivity index (χ0) is 19.7. The minimum absolute atomic E-state index is 0.0826. The van der Waals surface area contributed by atoms with Gasteiger partial charge in [-0.3, -0.25) is 4.79 Å². The van der Waals surface area contributed by atoms with E-state index < -0.39 is 0 Å². The highest BCUT2D eigenvalue weighted by atomic mass is 16.5. The molecule has 0 N–H and O–H groups in total. The van der Waals surface area contributed by atoms with Crippen molar-refractivity contribution in [3.05, 3.63) is 65.2 Å². The molecule has 4 nitrogen and oxygen atoms in total. The van der Waals surface area contributed by atoms with Crippen LogP contribution < -0.4 is 0 Å². The van der Waals surface area contributed by atoms with Crippen LogP contribution in [0.2, 0.25) is 0 Å². The Kier molecular flexibility index (Phi) is 5.14. The number of aryl methyl sites for hydroxylation is 2. The van der Waals surface area contributed by atoms with Gasteiger partial charge < -0.3 is 9.64 Å². The van der Waals surface area contributed by atoms with Gasteiger partial charge in [0.1, 0.15) is 0 Å². The van der Waals surface area contributed by atoms with Crippen molar-refractivity contribution >= 4 is 16.8 Å². The van der Waals surface area contributed by atoms with Crippen molar-refractivity contribution in [1.29, 1.82) is 0 Å². The average Bonchev–Trinajstić information content (AvgIpc) is 2.72. The molecule has 0 spiro atoms. The maximum Gasteiger partial charge on any atom is 0.254 e. The standard InChI is InChI=1S/C24H26N2O2/c1-16-8-9-19(17(2)14-16)23-15-21(20-6-4-5-7-22(20)25-23)24(27)26-12-10-18(28-3)11-13-26/h4-9,14-15,18H,10-13H2,1-3H3. The third-order valence-electron chi connectivity index (χ3n) is 5.67. The summed E-state index contributed by atoms with van der Waals surface area (Å²) in [5.41, 5.74) is 5.91. The highest BCUT2D eigenvalue weighted by Gasteiger charge is 2.25. The molecule has 4 rings (SSSR count). The number of hydrogen-bond donors (Lipinski definition) is 0. The Morgan fingerprint density at radius 1 is 1.07 bits per heavy atom. The van der Waals surface area contributed by atoms with Crippen LogP contribution in [0, 0.1) is 13.8 Å². The number of methoxy groups -OCH3 is 1. The number of nitrogens with zero attached hydrogens (tertiary/aromatic N) is 2. The van der Waals surface area contributed by atoms with Crippen LogP contribution >= 0.6 is 0 Å². The normalized spacial score (nSPS) is 15.2. The molecule has 0 saturated carbocycles. The van der Waals surface area contributed by atoms with Crippen molar-refractivity contribution in [2.45, 2.75) is 32.8 Å². The van der Waals surface area contributed by atoms with E-state index in [-0.39, 0.29) is 12.0 Å². The van der Waals surface area contributed by atoms with Crippen LogP contribution in [-0.4, -0.2) is 42.1 Å². The van der Waals surface area contributed by atoms with Gasteiger partial charge in [-0.25, -0.2) is 4.98 Å². The Bertz CT molecular complexity index is 1020. The molecule has 1 aliphatic heterocycles. The Morgan fingerprint density at radius 2 is 1.82 bits per heavy atom. The van der Waals surface area contributed by atoms with E-state index in [1.165, 1.54) is 11.1 Å². The molecule has 3 aromatic rings. The van der Waals surface area contributed by atoms with Gasteiger partial charge in [-0.15, -0.1) is 0 Å². The second kappa shape index (κ2) is 7.72. The van der Waals surface area contributed by atoms with Crippen LogP contribution in [0.3, 0.4) is 0 Å². The molecular weight excluding hydrogens is 348 g/mol. The number of pyridine rings is 1. The Hall–Kier alpha value is -2.72. The van der Waals surface area contributed by atoms with Crippen molar-refractivity contribution in [3.8, 4) is 11.3 Å². The number of piperidine rings is 1. The summed E-state index contributed by atoms with van der Waals surface area (Å²) in [6, 6.07) is 16.2. The predicted molar refractivity (Wildman–Crippen MR) is 113 cm³/mol. The Labute approximate surface area is 166 Å². The van der Waals surface area contributed by atoms with Gasteiger partial charge in [0.05, 0.1) is 22.9 Å². The van der Waals surface area contributed by atoms with Crippen LogP contribution in [0.25, 0.3) is 22.2 Å². The lowest BCUT2D eigenvalue weighted by Crippen LogP contribution is -2.40. The van der Waals surface area contributed by atoms with Gasteiger partial charge in [-0.2, -0.15) is 0 Å². The largest absolute Gasteiger partial charge is 0.381 e. The lowest BCUT2D eigenvalue weighted by Gasteiger charge is -2.31. The van der Waals surface area contributed by atoms with Crippen LogP contribution in [-0.2, 0) is 4.74 Å². The fourth-order valence-electron chi connectivity index (χ4n) is 4.06. The predicted octanol–water partition coefficient (Wildman–Crippen LogP) is 4.77. The Balaban J connectivity index is 1.78. The molecule has 0 unspecified atom stereocenters. The summed E-state index contributed by atoms with van der Waals surface area (Å²) in [6.45, 7) is 5.64. The smallest absolute Gasteiger partial charge is 0.254 e. The summed E-state index contributed by atoms with van der Waals surface area (Å²) >= 11 is 0. The molecule has 0 radical (unpaired) electrons. The molecule has 144 valence electrons. The van der Waals surface area contributed by atoms with Crippen molar-refractivity contribution in [3.63, 3.8) is 0 Å². The van der Waals surface area contributed by atoms with E-state index in [4.69, 9.17) is 9.72 Å². The van der Waals surface area contributed by atoms with Crippen LogP contribution in [0.15, 0.2) is 48.5 Å². The molecule has 2 heterocycles. The fourth-order valence-corrected chi connectivity index (χ4v) is 4.06. The third-order valence-corrected chi connectivity index (χ3v) is 5.67. The van der Waals surface area contributed by atoms with Crippen LogP contribution in [0.4, 0.5) is 0 Å². The number of rotatable bonds is 3. The number of fused-ring (bicyclic) bond motifs is 1. The highest BCUT2D eigenvalue weighted by Crippen LogP contribution is 2.29. The summed E-state index contributed by atoms with van der Waals surface area (Å²) in [4.78, 5) is 20.2. The van der Waals surface area contributed by atoms with Crippen molar-refractivity contribution in [2.75, 3.05) is 20.2 Å². The van der Waals surface area contributed by atoms with Crippen molar-refractivity contribution < 1.29 is 9.53 Å². The summed E-state index contributed by atoms with van der Waals surface area (Å²) < 4.78 is 5.45. The van der Waals surface area contributed by atoms with E-state index in [0.717, 1.165) is 53.7 Å². The molecule has 1 amide bonds. The minimum Gasteiger partial charge on any atom is -0.381 e. The molecule has 28 heavy (non-hydrogen) atoms. The first-order valence-corrected chi connectivity index (χ1v) is 9.86. The van der Waals surface area contributed by atoms with Gasteiger partial charge in [0.25, 0.3) is 5.91 Å². The second-order valence-electron chi connectivity index (χ2n) is 7.62. The van der Waals surface area contributed by atoms with Crippen LogP contribution in [0.1, 0.15) is 34.3 Å². The van der Waals surface area contributed by atoms with E-state index in [0.29, 0.717) is 0 Å². The third kappa shape index (κ3) is 3.52. The first-order valence-electron chi connectivity index (χ1n) is 9.86. The molecule has 1 fully saturated rings. The molecule has 2 aromatic carbocycles. The monoisotopic (exact) mass is 374 g/mol. The Morgan fingerprint density at radius 3 is 2.54 bits per heavy atom. The average molecular weight is 374 g/mol. The minimum atomic E-state index is 0.0826. The zero-order valence-corrected chi connectivity index (χ0v) is 16.7. The molecule has 1 aromatic heterocycles. The van der Waals surface area contributed by atoms with E-state index in [1.54, 1.807) is 7.11 Å². The first-order chi connectivity index (χ1) is 13.6. The molecule has 4 heteroatoms. The first kappa shape index (κ1) is 18.6. The van der Waals surface area contributed by atoms with E-state index in [1.807, 2.05) is 35.2 Å². The number of amides is 1. The van der Waals surface area contributed by atoms with Gasteiger partial charge in [0, 0.05) is 31.1 Å². The van der Waals surface area contributed by atoms with Crippen LogP contribution in [0.5, 0.6) is 0 Å². The van der Waals surface area contributed by atoms with Crippen molar-refractivity contribution in [1.82, 2.24) is 9.88 Å². The molecular formula is C24H26N2O2. The number of hydrogen-bond acceptors (Lipinski definition) is 3. The summed E-state index contributed by atoms with van der Waals surface area (Å²) in [6.07, 6.45) is 2.02. The molecule has 1 saturated heterocycles. The van der Waals surface area contributed by atoms with E-state index in [2.05, 4.69) is 32.0 Å². The highest BCUT2D eigenvalue weighted by molar-refractivity contribution is 6.07. The number of benzene rings is 2. The van der Waals surface area contributed by atoms with Gasteiger partial charge >= 0.3 is 0 Å². The van der Waals surface area contributed by atoms with E-state index >= 15 is 0 Å². The van der Waals surface area contributed by atoms with Crippen molar-refractivity contribution in [2.24, 2.45) is 0 Å². The fraction of sp³-hybridized carbons (Fsp3) is 0.333. The topological polar surface area (TPSA) is 42.4 Å². The molecule has 0 atom stereocenters. The second-order valence-corrected chi connectivity index (χ2v) is 7.62. The quantitative estimate of drug-likeness (QED) is 0.663. The van der Waals surface area contributed by atoms with Gasteiger partial charge in [0.2, 0.25) is 0 Å².